The Morgan fingerprint density at radius 1 is 1.17 bits per heavy atom. The summed E-state index contributed by atoms with van der Waals surface area (Å²) in [5, 5.41) is 19.6. The van der Waals surface area contributed by atoms with Crippen LogP contribution in [0, 0.1) is 0 Å². The van der Waals surface area contributed by atoms with Crippen LogP contribution in [0.1, 0.15) is 27.9 Å². The lowest BCUT2D eigenvalue weighted by Gasteiger charge is -2.00. The fourth-order valence-electron chi connectivity index (χ4n) is 2.17. The van der Waals surface area contributed by atoms with Gasteiger partial charge in [-0.25, -0.2) is 9.78 Å². The van der Waals surface area contributed by atoms with Crippen molar-refractivity contribution in [3.8, 4) is 11.5 Å². The number of phenolic OH excluding ortho intramolecular Hbond substituents is 2. The fraction of sp³-hybridized carbons (Fsp3) is 0.111. The van der Waals surface area contributed by atoms with E-state index >= 15 is 0 Å². The van der Waals surface area contributed by atoms with Crippen LogP contribution in [-0.4, -0.2) is 27.8 Å². The molecule has 0 fully saturated rings. The summed E-state index contributed by atoms with van der Waals surface area (Å²) in [7, 11) is 0. The molecular formula is C18H15NO4S. The van der Waals surface area contributed by atoms with Gasteiger partial charge in [0.25, 0.3) is 0 Å². The van der Waals surface area contributed by atoms with E-state index in [1.54, 1.807) is 37.3 Å². The average Bonchev–Trinajstić information content (AvgIpc) is 2.98. The molecule has 0 aliphatic heterocycles. The fourth-order valence-corrected chi connectivity index (χ4v) is 3.08. The van der Waals surface area contributed by atoms with E-state index in [-0.39, 0.29) is 17.5 Å². The first-order valence-electron chi connectivity index (χ1n) is 7.34. The number of carbonyl (C=O) groups excluding carboxylic acids is 1. The lowest BCUT2D eigenvalue weighted by Crippen LogP contribution is -2.03. The minimum atomic E-state index is -0.343. The van der Waals surface area contributed by atoms with Gasteiger partial charge in [-0.3, -0.25) is 0 Å². The van der Waals surface area contributed by atoms with E-state index in [1.807, 2.05) is 6.08 Å². The zero-order valence-corrected chi connectivity index (χ0v) is 13.7. The highest BCUT2D eigenvalue weighted by Crippen LogP contribution is 2.27. The van der Waals surface area contributed by atoms with Crippen LogP contribution in [0.4, 0.5) is 0 Å². The summed E-state index contributed by atoms with van der Waals surface area (Å²) in [4.78, 5) is 16.3. The van der Waals surface area contributed by atoms with E-state index in [0.717, 1.165) is 20.8 Å². The van der Waals surface area contributed by atoms with E-state index < -0.39 is 0 Å². The van der Waals surface area contributed by atoms with Crippen molar-refractivity contribution in [1.29, 1.82) is 0 Å². The molecule has 3 rings (SSSR count). The van der Waals surface area contributed by atoms with Crippen LogP contribution in [0.5, 0.6) is 11.5 Å². The van der Waals surface area contributed by atoms with Gasteiger partial charge in [-0.05, 0) is 48.9 Å². The molecule has 0 radical (unpaired) electrons. The lowest BCUT2D eigenvalue weighted by atomic mass is 10.2. The van der Waals surface area contributed by atoms with Crippen molar-refractivity contribution in [2.75, 3.05) is 6.61 Å². The van der Waals surface area contributed by atoms with E-state index in [4.69, 9.17) is 4.74 Å². The third kappa shape index (κ3) is 3.38. The Hall–Kier alpha value is -2.86. The summed E-state index contributed by atoms with van der Waals surface area (Å²) in [6.07, 6.45) is 3.61. The molecule has 0 bridgehead atoms. The number of esters is 1. The molecular weight excluding hydrogens is 326 g/mol. The van der Waals surface area contributed by atoms with Crippen molar-refractivity contribution in [2.24, 2.45) is 0 Å². The van der Waals surface area contributed by atoms with Crippen LogP contribution in [0.25, 0.3) is 22.4 Å². The highest BCUT2D eigenvalue weighted by molar-refractivity contribution is 7.19. The van der Waals surface area contributed by atoms with Gasteiger partial charge in [-0.1, -0.05) is 12.1 Å². The van der Waals surface area contributed by atoms with Gasteiger partial charge in [0.15, 0.2) is 11.5 Å². The van der Waals surface area contributed by atoms with Gasteiger partial charge in [0, 0.05) is 0 Å². The molecule has 6 heteroatoms. The second kappa shape index (κ2) is 6.72. The molecule has 3 aromatic rings. The van der Waals surface area contributed by atoms with Gasteiger partial charge in [-0.2, -0.15) is 0 Å². The number of nitrogens with zero attached hydrogens (tertiary/aromatic N) is 1. The monoisotopic (exact) mass is 341 g/mol. The van der Waals surface area contributed by atoms with E-state index in [0.29, 0.717) is 12.2 Å². The zero-order valence-electron chi connectivity index (χ0n) is 12.9. The third-order valence-electron chi connectivity index (χ3n) is 3.33. The molecule has 2 N–H and O–H groups in total. The summed E-state index contributed by atoms with van der Waals surface area (Å²) in [6.45, 7) is 2.11. The molecule has 0 spiro atoms. The minimum absolute atomic E-state index is 0.154. The van der Waals surface area contributed by atoms with Crippen LogP contribution in [0.2, 0.25) is 0 Å². The maximum Gasteiger partial charge on any atom is 0.338 e. The molecule has 0 atom stereocenters. The summed E-state index contributed by atoms with van der Waals surface area (Å²) >= 11 is 1.46. The van der Waals surface area contributed by atoms with Crippen molar-refractivity contribution in [3.63, 3.8) is 0 Å². The first-order valence-corrected chi connectivity index (χ1v) is 8.16. The number of thiazole rings is 1. The topological polar surface area (TPSA) is 79.7 Å². The van der Waals surface area contributed by atoms with Gasteiger partial charge in [0.1, 0.15) is 5.01 Å². The van der Waals surface area contributed by atoms with Crippen molar-refractivity contribution >= 4 is 39.7 Å². The molecule has 0 saturated carbocycles. The molecule has 2 aromatic carbocycles. The molecule has 0 aliphatic rings. The first kappa shape index (κ1) is 16.0. The largest absolute Gasteiger partial charge is 0.504 e. The van der Waals surface area contributed by atoms with Crippen LogP contribution in [0.3, 0.4) is 0 Å². The number of carbonyl (C=O) groups is 1. The summed E-state index contributed by atoms with van der Waals surface area (Å²) in [5.41, 5.74) is 2.06. The Balaban J connectivity index is 1.86. The highest BCUT2D eigenvalue weighted by Gasteiger charge is 2.09. The van der Waals surface area contributed by atoms with Gasteiger partial charge in [0.05, 0.1) is 22.4 Å². The van der Waals surface area contributed by atoms with Crippen molar-refractivity contribution in [2.45, 2.75) is 6.92 Å². The van der Waals surface area contributed by atoms with Crippen LogP contribution in [0.15, 0.2) is 36.4 Å². The number of fused-ring (bicyclic) bond motifs is 1. The van der Waals surface area contributed by atoms with Gasteiger partial charge >= 0.3 is 5.97 Å². The number of benzene rings is 2. The van der Waals surface area contributed by atoms with Gasteiger partial charge < -0.3 is 14.9 Å². The molecule has 0 amide bonds. The van der Waals surface area contributed by atoms with E-state index in [9.17, 15) is 15.0 Å². The summed E-state index contributed by atoms with van der Waals surface area (Å²) in [5.74, 6) is -0.663. The summed E-state index contributed by atoms with van der Waals surface area (Å²) < 4.78 is 5.89. The van der Waals surface area contributed by atoms with E-state index in [1.165, 1.54) is 23.5 Å². The van der Waals surface area contributed by atoms with Crippen LogP contribution < -0.4 is 0 Å². The van der Waals surface area contributed by atoms with Crippen LogP contribution >= 0.6 is 11.3 Å². The number of aromatic hydroxyl groups is 2. The van der Waals surface area contributed by atoms with Crippen molar-refractivity contribution < 1.29 is 19.7 Å². The maximum atomic E-state index is 11.8. The Morgan fingerprint density at radius 3 is 2.75 bits per heavy atom. The summed E-state index contributed by atoms with van der Waals surface area (Å²) in [6, 6.07) is 9.86. The Bertz CT molecular complexity index is 930. The van der Waals surface area contributed by atoms with Crippen LogP contribution in [-0.2, 0) is 4.74 Å². The molecule has 0 saturated heterocycles. The SMILES string of the molecule is CCOC(=O)c1ccc2nc(/C=C/c3ccc(O)c(O)c3)sc2c1. The number of hydrogen-bond donors (Lipinski definition) is 2. The van der Waals surface area contributed by atoms with Crippen molar-refractivity contribution in [3.05, 3.63) is 52.5 Å². The Morgan fingerprint density at radius 2 is 2.00 bits per heavy atom. The van der Waals surface area contributed by atoms with E-state index in [2.05, 4.69) is 4.98 Å². The van der Waals surface area contributed by atoms with Crippen molar-refractivity contribution in [1.82, 2.24) is 4.98 Å². The number of rotatable bonds is 4. The third-order valence-corrected chi connectivity index (χ3v) is 4.32. The molecule has 122 valence electrons. The standard InChI is InChI=1S/C18H15NO4S/c1-2-23-18(22)12-5-6-13-16(10-12)24-17(19-13)8-4-11-3-7-14(20)15(21)9-11/h3-10,20-21H,2H2,1H3/b8-4+. The normalized spacial score (nSPS) is 11.2. The smallest absolute Gasteiger partial charge is 0.338 e. The molecule has 5 nitrogen and oxygen atoms in total. The second-order valence-corrected chi connectivity index (χ2v) is 6.10. The lowest BCUT2D eigenvalue weighted by molar-refractivity contribution is 0.0526. The quantitative estimate of drug-likeness (QED) is 0.553. The predicted molar refractivity (Wildman–Crippen MR) is 94.3 cm³/mol. The highest BCUT2D eigenvalue weighted by atomic mass is 32.1. The van der Waals surface area contributed by atoms with Gasteiger partial charge in [0.2, 0.25) is 0 Å². The average molecular weight is 341 g/mol. The van der Waals surface area contributed by atoms with Gasteiger partial charge in [-0.15, -0.1) is 11.3 Å². The number of phenols is 2. The zero-order chi connectivity index (χ0) is 17.1. The molecule has 24 heavy (non-hydrogen) atoms. The molecule has 0 unspecified atom stereocenters. The Kier molecular flexibility index (Phi) is 4.48. The number of hydrogen-bond acceptors (Lipinski definition) is 6. The second-order valence-electron chi connectivity index (χ2n) is 5.04. The maximum absolute atomic E-state index is 11.8. The molecule has 1 aromatic heterocycles. The Labute approximate surface area is 142 Å². The minimum Gasteiger partial charge on any atom is -0.504 e. The molecule has 1 heterocycles. The predicted octanol–water partition coefficient (Wildman–Crippen LogP) is 4.05. The number of aromatic nitrogens is 1. The number of ether oxygens (including phenoxy) is 1. The first-order chi connectivity index (χ1) is 11.6. The molecule has 0 aliphatic carbocycles.